The Labute approximate surface area is 211 Å². The van der Waals surface area contributed by atoms with Crippen molar-refractivity contribution < 1.29 is 9.59 Å². The van der Waals surface area contributed by atoms with Crippen LogP contribution in [0.5, 0.6) is 0 Å². The third-order valence-corrected chi connectivity index (χ3v) is 8.48. The molecule has 0 radical (unpaired) electrons. The summed E-state index contributed by atoms with van der Waals surface area (Å²) in [6.07, 6.45) is 6.94. The Balaban J connectivity index is 1.19. The molecule has 1 aromatic heterocycles. The van der Waals surface area contributed by atoms with Crippen LogP contribution >= 0.6 is 22.9 Å². The van der Waals surface area contributed by atoms with Crippen molar-refractivity contribution in [2.75, 3.05) is 32.7 Å². The molecular weight excluding hydrogens is 468 g/mol. The summed E-state index contributed by atoms with van der Waals surface area (Å²) in [6, 6.07) is 8.17. The summed E-state index contributed by atoms with van der Waals surface area (Å²) >= 11 is 7.77. The second-order valence-corrected chi connectivity index (χ2v) is 10.8. The molecule has 2 saturated heterocycles. The maximum atomic E-state index is 12.7. The zero-order valence-electron chi connectivity index (χ0n) is 20.0. The maximum absolute atomic E-state index is 12.7. The summed E-state index contributed by atoms with van der Waals surface area (Å²) in [4.78, 5) is 34.3. The highest BCUT2D eigenvalue weighted by molar-refractivity contribution is 7.09. The van der Waals surface area contributed by atoms with Gasteiger partial charge in [0.15, 0.2) is 0 Å². The van der Waals surface area contributed by atoms with Gasteiger partial charge in [0.1, 0.15) is 5.69 Å². The van der Waals surface area contributed by atoms with Gasteiger partial charge in [-0.25, -0.2) is 4.98 Å². The molecule has 1 aromatic carbocycles. The van der Waals surface area contributed by atoms with Crippen LogP contribution < -0.4 is 5.32 Å². The molecule has 184 valence electrons. The van der Waals surface area contributed by atoms with E-state index in [1.54, 1.807) is 11.3 Å². The third-order valence-electron chi connectivity index (χ3n) is 7.10. The van der Waals surface area contributed by atoms with Gasteiger partial charge in [0, 0.05) is 48.5 Å². The predicted octanol–water partition coefficient (Wildman–Crippen LogP) is 4.74. The van der Waals surface area contributed by atoms with Gasteiger partial charge in [-0.15, -0.1) is 11.3 Å². The second kappa shape index (κ2) is 12.1. The minimum Gasteiger partial charge on any atom is -0.351 e. The van der Waals surface area contributed by atoms with E-state index in [2.05, 4.69) is 22.1 Å². The number of aromatic nitrogens is 1. The first-order valence-corrected chi connectivity index (χ1v) is 13.8. The lowest BCUT2D eigenvalue weighted by Crippen LogP contribution is -2.39. The highest BCUT2D eigenvalue weighted by Gasteiger charge is 2.26. The van der Waals surface area contributed by atoms with Crippen LogP contribution in [0.2, 0.25) is 5.02 Å². The van der Waals surface area contributed by atoms with E-state index in [1.807, 2.05) is 34.5 Å². The fourth-order valence-corrected chi connectivity index (χ4v) is 6.11. The van der Waals surface area contributed by atoms with E-state index in [1.165, 1.54) is 25.8 Å². The normalized spacial score (nSPS) is 19.8. The Morgan fingerprint density at radius 2 is 1.94 bits per heavy atom. The van der Waals surface area contributed by atoms with Crippen molar-refractivity contribution in [3.8, 4) is 0 Å². The average molecular weight is 503 g/mol. The summed E-state index contributed by atoms with van der Waals surface area (Å²) in [7, 11) is 0. The lowest BCUT2D eigenvalue weighted by molar-refractivity contribution is -0.131. The number of piperidine rings is 2. The van der Waals surface area contributed by atoms with Gasteiger partial charge in [0.25, 0.3) is 5.91 Å². The monoisotopic (exact) mass is 502 g/mol. The molecule has 2 aliphatic rings. The van der Waals surface area contributed by atoms with Gasteiger partial charge in [-0.1, -0.05) is 36.2 Å². The molecule has 0 aliphatic carbocycles. The van der Waals surface area contributed by atoms with Gasteiger partial charge in [-0.3, -0.25) is 9.59 Å². The topological polar surface area (TPSA) is 65.5 Å². The van der Waals surface area contributed by atoms with Crippen LogP contribution in [0.1, 0.15) is 72.4 Å². The third kappa shape index (κ3) is 6.58. The van der Waals surface area contributed by atoms with Crippen LogP contribution in [-0.2, 0) is 11.2 Å². The van der Waals surface area contributed by atoms with Crippen LogP contribution in [0, 0.1) is 0 Å². The highest BCUT2D eigenvalue weighted by Crippen LogP contribution is 2.31. The number of amides is 2. The van der Waals surface area contributed by atoms with Crippen molar-refractivity contribution in [2.24, 2.45) is 0 Å². The minimum absolute atomic E-state index is 0.0819. The molecule has 2 aliphatic heterocycles. The molecule has 6 nitrogen and oxygen atoms in total. The lowest BCUT2D eigenvalue weighted by Gasteiger charge is -2.33. The zero-order chi connectivity index (χ0) is 23.9. The van der Waals surface area contributed by atoms with E-state index in [0.29, 0.717) is 48.7 Å². The molecule has 1 unspecified atom stereocenters. The van der Waals surface area contributed by atoms with Crippen molar-refractivity contribution >= 4 is 34.8 Å². The van der Waals surface area contributed by atoms with E-state index >= 15 is 0 Å². The molecular formula is C26H35ClN4O2S. The van der Waals surface area contributed by atoms with Crippen LogP contribution in [0.3, 0.4) is 0 Å². The number of thiazole rings is 1. The Morgan fingerprint density at radius 1 is 1.15 bits per heavy atom. The van der Waals surface area contributed by atoms with Crippen molar-refractivity contribution in [1.82, 2.24) is 20.1 Å². The van der Waals surface area contributed by atoms with Gasteiger partial charge in [0.05, 0.1) is 11.4 Å². The first-order valence-electron chi connectivity index (χ1n) is 12.5. The van der Waals surface area contributed by atoms with Crippen LogP contribution in [-0.4, -0.2) is 65.4 Å². The van der Waals surface area contributed by atoms with Gasteiger partial charge < -0.3 is 15.1 Å². The van der Waals surface area contributed by atoms with Crippen LogP contribution in [0.25, 0.3) is 0 Å². The standard InChI is InChI=1S/C26H35ClN4O2S/c1-19-7-4-5-13-30(19)14-6-12-28-25(33)23-18-34-26(29-23)20-10-15-31(16-11-20)24(32)17-21-8-2-3-9-22(21)27/h2-3,8-9,18-20H,4-7,10-17H2,1H3,(H,28,33). The van der Waals surface area contributed by atoms with Gasteiger partial charge in [-0.2, -0.15) is 0 Å². The Morgan fingerprint density at radius 3 is 2.71 bits per heavy atom. The SMILES string of the molecule is CC1CCCCN1CCCNC(=O)c1csc(C2CCN(C(=O)Cc3ccccc3Cl)CC2)n1. The summed E-state index contributed by atoms with van der Waals surface area (Å²) in [5.41, 5.74) is 1.39. The summed E-state index contributed by atoms with van der Waals surface area (Å²) in [5, 5.41) is 6.55. The number of hydrogen-bond donors (Lipinski definition) is 1. The highest BCUT2D eigenvalue weighted by atomic mass is 35.5. The molecule has 34 heavy (non-hydrogen) atoms. The van der Waals surface area contributed by atoms with Crippen molar-refractivity contribution in [2.45, 2.75) is 63.8 Å². The smallest absolute Gasteiger partial charge is 0.270 e. The van der Waals surface area contributed by atoms with Crippen LogP contribution in [0.15, 0.2) is 29.6 Å². The van der Waals surface area contributed by atoms with E-state index < -0.39 is 0 Å². The van der Waals surface area contributed by atoms with Crippen molar-refractivity contribution in [3.63, 3.8) is 0 Å². The number of halogens is 1. The maximum Gasteiger partial charge on any atom is 0.270 e. The van der Waals surface area contributed by atoms with Crippen LogP contribution in [0.4, 0.5) is 0 Å². The first-order chi connectivity index (χ1) is 16.5. The molecule has 0 bridgehead atoms. The zero-order valence-corrected chi connectivity index (χ0v) is 21.5. The number of hydrogen-bond acceptors (Lipinski definition) is 5. The Kier molecular flexibility index (Phi) is 8.98. The van der Waals surface area contributed by atoms with Gasteiger partial charge in [0.2, 0.25) is 5.91 Å². The number of likely N-dealkylation sites (tertiary alicyclic amines) is 2. The van der Waals surface area contributed by atoms with E-state index in [0.717, 1.165) is 36.4 Å². The molecule has 1 N–H and O–H groups in total. The fourth-order valence-electron chi connectivity index (χ4n) is 4.94. The number of carbonyl (C=O) groups excluding carboxylic acids is 2. The van der Waals surface area contributed by atoms with E-state index in [4.69, 9.17) is 11.6 Å². The van der Waals surface area contributed by atoms with Crippen molar-refractivity contribution in [3.05, 3.63) is 50.9 Å². The summed E-state index contributed by atoms with van der Waals surface area (Å²) < 4.78 is 0. The molecule has 2 fully saturated rings. The molecule has 3 heterocycles. The molecule has 1 atom stereocenters. The lowest BCUT2D eigenvalue weighted by atomic mass is 9.97. The summed E-state index contributed by atoms with van der Waals surface area (Å²) in [6.45, 7) is 6.62. The molecule has 4 rings (SSSR count). The Bertz CT molecular complexity index is 973. The molecule has 0 spiro atoms. The number of nitrogens with zero attached hydrogens (tertiary/aromatic N) is 3. The van der Waals surface area contributed by atoms with Gasteiger partial charge >= 0.3 is 0 Å². The molecule has 8 heteroatoms. The number of rotatable bonds is 8. The van der Waals surface area contributed by atoms with E-state index in [9.17, 15) is 9.59 Å². The van der Waals surface area contributed by atoms with E-state index in [-0.39, 0.29) is 11.8 Å². The average Bonchev–Trinajstić information content (AvgIpc) is 3.35. The second-order valence-electron chi connectivity index (χ2n) is 9.48. The minimum atomic E-state index is -0.0819. The molecule has 0 saturated carbocycles. The number of carbonyl (C=O) groups is 2. The summed E-state index contributed by atoms with van der Waals surface area (Å²) in [5.74, 6) is 0.336. The largest absolute Gasteiger partial charge is 0.351 e. The quantitative estimate of drug-likeness (QED) is 0.529. The fraction of sp³-hybridized carbons (Fsp3) is 0.577. The molecule has 2 aromatic rings. The van der Waals surface area contributed by atoms with Crippen molar-refractivity contribution in [1.29, 1.82) is 0 Å². The number of benzene rings is 1. The molecule has 2 amide bonds. The Hall–Kier alpha value is -1.96. The first kappa shape index (κ1) is 25.1. The number of nitrogens with one attached hydrogen (secondary N) is 1. The van der Waals surface area contributed by atoms with Gasteiger partial charge in [-0.05, 0) is 57.2 Å². The predicted molar refractivity (Wildman–Crippen MR) is 138 cm³/mol.